The number of alkyl carbamates (subject to hydrolysis) is 1. The summed E-state index contributed by atoms with van der Waals surface area (Å²) in [6.45, 7) is 3.65. The first-order valence-electron chi connectivity index (χ1n) is 9.90. The van der Waals surface area contributed by atoms with Gasteiger partial charge in [0.1, 0.15) is 18.7 Å². The van der Waals surface area contributed by atoms with Crippen LogP contribution in [0.2, 0.25) is 5.02 Å². The maximum Gasteiger partial charge on any atom is 0.408 e. The number of methoxy groups -OCH3 is 1. The Balaban J connectivity index is 2.02. The molecule has 2 rings (SSSR count). The SMILES string of the molecule is COC(=O)[C@H](Cc1cccc(Cl)c1)NC(=O)[C@@H](NC(=O)OCc1ccccc1)C(C)C. The summed E-state index contributed by atoms with van der Waals surface area (Å²) in [6.07, 6.45) is -0.524. The predicted octanol–water partition coefficient (Wildman–Crippen LogP) is 3.49. The number of nitrogens with one attached hydrogen (secondary N) is 2. The van der Waals surface area contributed by atoms with Gasteiger partial charge in [-0.25, -0.2) is 9.59 Å². The van der Waals surface area contributed by atoms with Crippen molar-refractivity contribution in [1.29, 1.82) is 0 Å². The van der Waals surface area contributed by atoms with E-state index in [1.165, 1.54) is 7.11 Å². The Bertz CT molecular complexity index is 889. The van der Waals surface area contributed by atoms with Gasteiger partial charge in [0.05, 0.1) is 7.11 Å². The number of esters is 1. The van der Waals surface area contributed by atoms with Crippen LogP contribution in [0.4, 0.5) is 4.79 Å². The van der Waals surface area contributed by atoms with E-state index in [2.05, 4.69) is 10.6 Å². The molecule has 0 aliphatic carbocycles. The van der Waals surface area contributed by atoms with E-state index in [9.17, 15) is 14.4 Å². The van der Waals surface area contributed by atoms with Crippen LogP contribution in [-0.4, -0.2) is 37.2 Å². The van der Waals surface area contributed by atoms with Crippen LogP contribution in [0.25, 0.3) is 0 Å². The molecule has 0 unspecified atom stereocenters. The van der Waals surface area contributed by atoms with E-state index in [0.717, 1.165) is 11.1 Å². The van der Waals surface area contributed by atoms with Gasteiger partial charge in [-0.15, -0.1) is 0 Å². The molecular weight excluding hydrogens is 420 g/mol. The zero-order valence-electron chi connectivity index (χ0n) is 17.8. The van der Waals surface area contributed by atoms with Crippen LogP contribution in [0, 0.1) is 5.92 Å². The Morgan fingerprint density at radius 3 is 2.26 bits per heavy atom. The number of hydrogen-bond donors (Lipinski definition) is 2. The van der Waals surface area contributed by atoms with Crippen LogP contribution in [0.1, 0.15) is 25.0 Å². The Hall–Kier alpha value is -3.06. The third-order valence-corrected chi connectivity index (χ3v) is 4.80. The summed E-state index contributed by atoms with van der Waals surface area (Å²) >= 11 is 6.01. The fourth-order valence-electron chi connectivity index (χ4n) is 2.92. The number of halogens is 1. The molecule has 2 amide bonds. The van der Waals surface area contributed by atoms with Gasteiger partial charge in [0, 0.05) is 11.4 Å². The summed E-state index contributed by atoms with van der Waals surface area (Å²) in [6, 6.07) is 14.4. The molecule has 7 nitrogen and oxygen atoms in total. The molecular formula is C23H27ClN2O5. The van der Waals surface area contributed by atoms with Crippen LogP contribution in [0.15, 0.2) is 54.6 Å². The fourth-order valence-corrected chi connectivity index (χ4v) is 3.14. The van der Waals surface area contributed by atoms with Gasteiger partial charge >= 0.3 is 12.1 Å². The normalized spacial score (nSPS) is 12.5. The third kappa shape index (κ3) is 7.94. The van der Waals surface area contributed by atoms with E-state index in [0.29, 0.717) is 5.02 Å². The van der Waals surface area contributed by atoms with Crippen LogP contribution in [0.3, 0.4) is 0 Å². The summed E-state index contributed by atoms with van der Waals surface area (Å²) in [5.74, 6) is -1.35. The van der Waals surface area contributed by atoms with Crippen molar-refractivity contribution in [1.82, 2.24) is 10.6 Å². The van der Waals surface area contributed by atoms with Crippen molar-refractivity contribution in [2.45, 2.75) is 39.0 Å². The highest BCUT2D eigenvalue weighted by Crippen LogP contribution is 2.13. The Morgan fingerprint density at radius 1 is 0.968 bits per heavy atom. The molecule has 2 aromatic carbocycles. The fraction of sp³-hybridized carbons (Fsp3) is 0.348. The summed E-state index contributed by atoms with van der Waals surface area (Å²) in [4.78, 5) is 37.3. The lowest BCUT2D eigenvalue weighted by Crippen LogP contribution is -2.54. The summed E-state index contributed by atoms with van der Waals surface area (Å²) in [7, 11) is 1.25. The van der Waals surface area contributed by atoms with Gasteiger partial charge in [0.2, 0.25) is 5.91 Å². The smallest absolute Gasteiger partial charge is 0.408 e. The van der Waals surface area contributed by atoms with Gasteiger partial charge in [0.25, 0.3) is 0 Å². The van der Waals surface area contributed by atoms with E-state index in [1.54, 1.807) is 38.1 Å². The van der Waals surface area contributed by atoms with Gasteiger partial charge in [-0.05, 0) is 29.2 Å². The van der Waals surface area contributed by atoms with E-state index in [4.69, 9.17) is 21.1 Å². The zero-order valence-corrected chi connectivity index (χ0v) is 18.5. The molecule has 2 N–H and O–H groups in total. The molecule has 0 heterocycles. The van der Waals surface area contributed by atoms with Crippen LogP contribution < -0.4 is 10.6 Å². The number of amides is 2. The second-order valence-electron chi connectivity index (χ2n) is 7.35. The molecule has 0 aromatic heterocycles. The predicted molar refractivity (Wildman–Crippen MR) is 117 cm³/mol. The molecule has 31 heavy (non-hydrogen) atoms. The highest BCUT2D eigenvalue weighted by Gasteiger charge is 2.29. The molecule has 8 heteroatoms. The molecule has 2 aromatic rings. The molecule has 0 spiro atoms. The first-order chi connectivity index (χ1) is 14.8. The second-order valence-corrected chi connectivity index (χ2v) is 7.78. The van der Waals surface area contributed by atoms with Crippen LogP contribution >= 0.6 is 11.6 Å². The minimum atomic E-state index is -0.931. The molecule has 0 bridgehead atoms. The Kier molecular flexibility index (Phi) is 9.34. The molecule has 0 aliphatic rings. The van der Waals surface area contributed by atoms with E-state index < -0.39 is 30.1 Å². The van der Waals surface area contributed by atoms with Crippen LogP contribution in [0.5, 0.6) is 0 Å². The first-order valence-corrected chi connectivity index (χ1v) is 10.3. The van der Waals surface area contributed by atoms with Crippen molar-refractivity contribution in [2.24, 2.45) is 5.92 Å². The van der Waals surface area contributed by atoms with E-state index in [-0.39, 0.29) is 18.9 Å². The molecule has 2 atom stereocenters. The highest BCUT2D eigenvalue weighted by atomic mass is 35.5. The van der Waals surface area contributed by atoms with Gasteiger partial charge in [-0.1, -0.05) is 67.9 Å². The standard InChI is InChI=1S/C23H27ClN2O5/c1-15(2)20(26-23(29)31-14-16-8-5-4-6-9-16)21(27)25-19(22(28)30-3)13-17-10-7-11-18(24)12-17/h4-12,15,19-20H,13-14H2,1-3H3,(H,25,27)(H,26,29)/t19-,20-/m0/s1. The number of rotatable bonds is 9. The number of hydrogen-bond acceptors (Lipinski definition) is 5. The Morgan fingerprint density at radius 2 is 1.65 bits per heavy atom. The number of ether oxygens (including phenoxy) is 2. The van der Waals surface area contributed by atoms with Crippen molar-refractivity contribution in [2.75, 3.05) is 7.11 Å². The summed E-state index contributed by atoms with van der Waals surface area (Å²) in [5, 5.41) is 5.77. The van der Waals surface area contributed by atoms with Crippen LogP contribution in [-0.2, 0) is 32.1 Å². The highest BCUT2D eigenvalue weighted by molar-refractivity contribution is 6.30. The second kappa shape index (κ2) is 12.0. The Labute approximate surface area is 187 Å². The molecule has 0 saturated heterocycles. The number of carbonyl (C=O) groups excluding carboxylic acids is 3. The van der Waals surface area contributed by atoms with Crippen molar-refractivity contribution in [3.8, 4) is 0 Å². The largest absolute Gasteiger partial charge is 0.467 e. The molecule has 0 saturated carbocycles. The monoisotopic (exact) mass is 446 g/mol. The zero-order chi connectivity index (χ0) is 22.8. The topological polar surface area (TPSA) is 93.7 Å². The summed E-state index contributed by atoms with van der Waals surface area (Å²) in [5.41, 5.74) is 1.59. The van der Waals surface area contributed by atoms with Crippen molar-refractivity contribution < 1.29 is 23.9 Å². The third-order valence-electron chi connectivity index (χ3n) is 4.57. The average Bonchev–Trinajstić information content (AvgIpc) is 2.75. The van der Waals surface area contributed by atoms with E-state index in [1.807, 2.05) is 30.3 Å². The molecule has 0 fully saturated rings. The average molecular weight is 447 g/mol. The van der Waals surface area contributed by atoms with E-state index >= 15 is 0 Å². The molecule has 0 radical (unpaired) electrons. The van der Waals surface area contributed by atoms with Crippen molar-refractivity contribution in [3.05, 3.63) is 70.7 Å². The lowest BCUT2D eigenvalue weighted by molar-refractivity contribution is -0.145. The molecule has 0 aliphatic heterocycles. The van der Waals surface area contributed by atoms with Gasteiger partial charge < -0.3 is 20.1 Å². The molecule has 166 valence electrons. The van der Waals surface area contributed by atoms with Crippen molar-refractivity contribution in [3.63, 3.8) is 0 Å². The van der Waals surface area contributed by atoms with Gasteiger partial charge in [-0.3, -0.25) is 4.79 Å². The quantitative estimate of drug-likeness (QED) is 0.575. The van der Waals surface area contributed by atoms with Gasteiger partial charge in [0.15, 0.2) is 0 Å². The number of carbonyl (C=O) groups is 3. The summed E-state index contributed by atoms with van der Waals surface area (Å²) < 4.78 is 10.0. The maximum absolute atomic E-state index is 12.9. The lowest BCUT2D eigenvalue weighted by Gasteiger charge is -2.24. The first kappa shape index (κ1) is 24.2. The minimum absolute atomic E-state index is 0.0820. The van der Waals surface area contributed by atoms with Gasteiger partial charge in [-0.2, -0.15) is 0 Å². The number of benzene rings is 2. The maximum atomic E-state index is 12.9. The minimum Gasteiger partial charge on any atom is -0.467 e. The lowest BCUT2D eigenvalue weighted by atomic mass is 10.0. The van der Waals surface area contributed by atoms with Crippen molar-refractivity contribution >= 4 is 29.6 Å².